The molecule has 5 nitrogen and oxygen atoms in total. The zero-order valence-corrected chi connectivity index (χ0v) is 18.8. The molecule has 1 atom stereocenters. The maximum Gasteiger partial charge on any atom is 0.258 e. The Morgan fingerprint density at radius 1 is 1.09 bits per heavy atom. The predicted molar refractivity (Wildman–Crippen MR) is 124 cm³/mol. The number of hydrogen-bond acceptors (Lipinski definition) is 3. The van der Waals surface area contributed by atoms with Crippen LogP contribution in [-0.4, -0.2) is 29.9 Å². The highest BCUT2D eigenvalue weighted by molar-refractivity contribution is 5.77. The number of ether oxygens (including phenoxy) is 1. The summed E-state index contributed by atoms with van der Waals surface area (Å²) in [4.78, 5) is 26.4. The molecular formula is C27H27FN2O3. The first-order valence-electron chi connectivity index (χ1n) is 11.0. The normalized spacial score (nSPS) is 15.0. The monoisotopic (exact) mass is 446 g/mol. The van der Waals surface area contributed by atoms with Crippen molar-refractivity contribution in [3.8, 4) is 5.75 Å². The number of rotatable bonds is 6. The van der Waals surface area contributed by atoms with Gasteiger partial charge in [-0.3, -0.25) is 9.59 Å². The van der Waals surface area contributed by atoms with Gasteiger partial charge in [-0.2, -0.15) is 0 Å². The molecule has 2 amide bonds. The molecule has 6 heteroatoms. The van der Waals surface area contributed by atoms with Gasteiger partial charge in [0.05, 0.1) is 6.04 Å². The van der Waals surface area contributed by atoms with Crippen molar-refractivity contribution in [2.45, 2.75) is 32.9 Å². The van der Waals surface area contributed by atoms with Crippen LogP contribution in [0.3, 0.4) is 0 Å². The number of amides is 2. The quantitative estimate of drug-likeness (QED) is 0.614. The molecule has 0 spiro atoms. The third kappa shape index (κ3) is 5.40. The van der Waals surface area contributed by atoms with Crippen molar-refractivity contribution < 1.29 is 18.7 Å². The van der Waals surface area contributed by atoms with Gasteiger partial charge < -0.3 is 15.0 Å². The Balaban J connectivity index is 1.48. The fraction of sp³-hybridized carbons (Fsp3) is 0.259. The van der Waals surface area contributed by atoms with Gasteiger partial charge in [0.15, 0.2) is 6.61 Å². The third-order valence-corrected chi connectivity index (χ3v) is 5.88. The molecule has 3 aromatic carbocycles. The largest absolute Gasteiger partial charge is 0.484 e. The average Bonchev–Trinajstić information content (AvgIpc) is 2.81. The molecule has 0 aromatic heterocycles. The van der Waals surface area contributed by atoms with Crippen molar-refractivity contribution >= 4 is 11.8 Å². The van der Waals surface area contributed by atoms with Crippen LogP contribution in [0, 0.1) is 12.7 Å². The zero-order valence-electron chi connectivity index (χ0n) is 18.8. The molecule has 1 unspecified atom stereocenters. The van der Waals surface area contributed by atoms with Crippen molar-refractivity contribution in [3.05, 3.63) is 100 Å². The van der Waals surface area contributed by atoms with Crippen LogP contribution in [-0.2, 0) is 22.6 Å². The fourth-order valence-electron chi connectivity index (χ4n) is 4.25. The van der Waals surface area contributed by atoms with Crippen molar-refractivity contribution in [2.24, 2.45) is 0 Å². The molecule has 0 fully saturated rings. The number of nitrogens with one attached hydrogen (secondary N) is 1. The van der Waals surface area contributed by atoms with Gasteiger partial charge in [0.1, 0.15) is 11.6 Å². The lowest BCUT2D eigenvalue weighted by molar-refractivity contribution is -0.130. The molecule has 0 saturated heterocycles. The van der Waals surface area contributed by atoms with Gasteiger partial charge in [-0.25, -0.2) is 4.39 Å². The number of aryl methyl sites for hydroxylation is 1. The van der Waals surface area contributed by atoms with E-state index in [-0.39, 0.29) is 30.3 Å². The van der Waals surface area contributed by atoms with E-state index < -0.39 is 0 Å². The second-order valence-corrected chi connectivity index (χ2v) is 8.33. The number of carbonyl (C=O) groups is 2. The molecule has 1 N–H and O–H groups in total. The van der Waals surface area contributed by atoms with Crippen LogP contribution in [0.15, 0.2) is 66.7 Å². The van der Waals surface area contributed by atoms with Crippen LogP contribution in [0.1, 0.15) is 40.8 Å². The van der Waals surface area contributed by atoms with E-state index >= 15 is 0 Å². The zero-order chi connectivity index (χ0) is 23.4. The minimum Gasteiger partial charge on any atom is -0.484 e. The van der Waals surface area contributed by atoms with Gasteiger partial charge >= 0.3 is 0 Å². The topological polar surface area (TPSA) is 58.6 Å². The summed E-state index contributed by atoms with van der Waals surface area (Å²) in [5, 5.41) is 2.87. The minimum atomic E-state index is -0.328. The number of hydrogen-bond donors (Lipinski definition) is 1. The smallest absolute Gasteiger partial charge is 0.258 e. The summed E-state index contributed by atoms with van der Waals surface area (Å²) in [7, 11) is 0. The van der Waals surface area contributed by atoms with Crippen LogP contribution in [0.5, 0.6) is 5.75 Å². The Morgan fingerprint density at radius 3 is 2.61 bits per heavy atom. The average molecular weight is 447 g/mol. The van der Waals surface area contributed by atoms with E-state index in [1.54, 1.807) is 24.0 Å². The molecule has 0 bridgehead atoms. The van der Waals surface area contributed by atoms with Gasteiger partial charge in [-0.1, -0.05) is 48.0 Å². The van der Waals surface area contributed by atoms with E-state index in [2.05, 4.69) is 5.32 Å². The fourth-order valence-corrected chi connectivity index (χ4v) is 4.25. The summed E-state index contributed by atoms with van der Waals surface area (Å²) in [6.07, 6.45) is 0.726. The van der Waals surface area contributed by atoms with Crippen LogP contribution in [0.2, 0.25) is 0 Å². The highest BCUT2D eigenvalue weighted by Crippen LogP contribution is 2.37. The van der Waals surface area contributed by atoms with Crippen molar-refractivity contribution in [3.63, 3.8) is 0 Å². The summed E-state index contributed by atoms with van der Waals surface area (Å²) in [5.41, 5.74) is 5.05. The van der Waals surface area contributed by atoms with Crippen LogP contribution < -0.4 is 10.1 Å². The SMILES string of the molecule is CC(=O)N1CCc2ccc(OCC(=O)NCc3cccc(C)c3)cc2C1c1ccc(F)cc1. The number of halogens is 1. The Bertz CT molecular complexity index is 1160. The molecule has 3 aromatic rings. The molecule has 0 radical (unpaired) electrons. The van der Waals surface area contributed by atoms with Crippen LogP contribution in [0.4, 0.5) is 4.39 Å². The Morgan fingerprint density at radius 2 is 1.88 bits per heavy atom. The number of benzene rings is 3. The van der Waals surface area contributed by atoms with Gasteiger partial charge in [0.25, 0.3) is 5.91 Å². The molecule has 0 aliphatic carbocycles. The van der Waals surface area contributed by atoms with Crippen LogP contribution in [0.25, 0.3) is 0 Å². The van der Waals surface area contributed by atoms with E-state index in [0.29, 0.717) is 18.8 Å². The summed E-state index contributed by atoms with van der Waals surface area (Å²) in [5.74, 6) is -0.0265. The third-order valence-electron chi connectivity index (χ3n) is 5.88. The van der Waals surface area contributed by atoms with E-state index in [4.69, 9.17) is 4.74 Å². The molecule has 1 aliphatic rings. The Hall–Kier alpha value is -3.67. The lowest BCUT2D eigenvalue weighted by atomic mass is 9.88. The highest BCUT2D eigenvalue weighted by Gasteiger charge is 2.30. The first-order chi connectivity index (χ1) is 15.9. The van der Waals surface area contributed by atoms with Crippen molar-refractivity contribution in [2.75, 3.05) is 13.2 Å². The number of nitrogens with zero attached hydrogens (tertiary/aromatic N) is 1. The summed E-state index contributed by atoms with van der Waals surface area (Å²) in [6.45, 7) is 4.47. The summed E-state index contributed by atoms with van der Waals surface area (Å²) >= 11 is 0. The molecule has 4 rings (SSSR count). The maximum absolute atomic E-state index is 13.5. The van der Waals surface area contributed by atoms with E-state index in [1.165, 1.54) is 12.1 Å². The van der Waals surface area contributed by atoms with Crippen molar-refractivity contribution in [1.82, 2.24) is 10.2 Å². The lowest BCUT2D eigenvalue weighted by Crippen LogP contribution is -2.39. The van der Waals surface area contributed by atoms with Gasteiger partial charge in [0, 0.05) is 20.0 Å². The van der Waals surface area contributed by atoms with E-state index in [9.17, 15) is 14.0 Å². The number of carbonyl (C=O) groups excluding carboxylic acids is 2. The lowest BCUT2D eigenvalue weighted by Gasteiger charge is -2.37. The molecular weight excluding hydrogens is 419 g/mol. The maximum atomic E-state index is 13.5. The highest BCUT2D eigenvalue weighted by atomic mass is 19.1. The summed E-state index contributed by atoms with van der Waals surface area (Å²) < 4.78 is 19.3. The Kier molecular flexibility index (Phi) is 6.73. The van der Waals surface area contributed by atoms with E-state index in [0.717, 1.165) is 34.2 Å². The van der Waals surface area contributed by atoms with Gasteiger partial charge in [0.2, 0.25) is 5.91 Å². The predicted octanol–water partition coefficient (Wildman–Crippen LogP) is 4.32. The minimum absolute atomic E-state index is 0.0446. The van der Waals surface area contributed by atoms with Gasteiger partial charge in [-0.05, 0) is 59.9 Å². The first-order valence-corrected chi connectivity index (χ1v) is 11.0. The number of fused-ring (bicyclic) bond motifs is 1. The molecule has 33 heavy (non-hydrogen) atoms. The summed E-state index contributed by atoms with van der Waals surface area (Å²) in [6, 6.07) is 19.6. The second-order valence-electron chi connectivity index (χ2n) is 8.33. The second kappa shape index (κ2) is 9.86. The molecule has 1 aliphatic heterocycles. The van der Waals surface area contributed by atoms with Crippen molar-refractivity contribution in [1.29, 1.82) is 0 Å². The van der Waals surface area contributed by atoms with E-state index in [1.807, 2.05) is 49.4 Å². The standard InChI is InChI=1S/C27H27FN2O3/c1-18-4-3-5-20(14-18)16-29-26(32)17-33-24-11-8-21-12-13-30(19(2)31)27(25(21)15-24)22-6-9-23(28)10-7-22/h3-11,14-15,27H,12-13,16-17H2,1-2H3,(H,29,32). The molecule has 170 valence electrons. The van der Waals surface area contributed by atoms with Crippen LogP contribution >= 0.6 is 0 Å². The van der Waals surface area contributed by atoms with Gasteiger partial charge in [-0.15, -0.1) is 0 Å². The molecule has 1 heterocycles. The Labute approximate surface area is 193 Å². The molecule has 0 saturated carbocycles. The first kappa shape index (κ1) is 22.5.